The predicted molar refractivity (Wildman–Crippen MR) is 50.4 cm³/mol. The van der Waals surface area contributed by atoms with E-state index < -0.39 is 24.4 Å². The fraction of sp³-hybridized carbons (Fsp3) is 0.333. The van der Waals surface area contributed by atoms with Crippen LogP contribution in [-0.2, 0) is 0 Å². The van der Waals surface area contributed by atoms with Gasteiger partial charge in [0.25, 0.3) is 5.92 Å². The third kappa shape index (κ3) is 2.62. The first-order chi connectivity index (χ1) is 6.88. The molecule has 0 radical (unpaired) electrons. The summed E-state index contributed by atoms with van der Waals surface area (Å²) in [7, 11) is 0. The van der Waals surface area contributed by atoms with E-state index in [0.29, 0.717) is 0 Å². The molecule has 1 aromatic rings. The molecule has 0 aliphatic carbocycles. The van der Waals surface area contributed by atoms with E-state index >= 15 is 0 Å². The van der Waals surface area contributed by atoms with Crippen molar-refractivity contribution in [2.24, 2.45) is 5.73 Å². The molecular weight excluding hydrogens is 231 g/mol. The van der Waals surface area contributed by atoms with Crippen LogP contribution >= 0.6 is 11.6 Å². The normalized spacial score (nSPS) is 14.0. The molecular formula is C9H9ClF3NO. The van der Waals surface area contributed by atoms with Crippen LogP contribution in [0.1, 0.15) is 11.6 Å². The van der Waals surface area contributed by atoms with Gasteiger partial charge in [-0.25, -0.2) is 13.2 Å². The monoisotopic (exact) mass is 239 g/mol. The van der Waals surface area contributed by atoms with Gasteiger partial charge in [0.15, 0.2) is 0 Å². The van der Waals surface area contributed by atoms with Crippen molar-refractivity contribution in [2.75, 3.05) is 6.61 Å². The molecule has 0 heterocycles. The van der Waals surface area contributed by atoms with Crippen molar-refractivity contribution in [3.05, 3.63) is 34.6 Å². The fourth-order valence-corrected chi connectivity index (χ4v) is 1.17. The number of rotatable bonds is 3. The Kier molecular flexibility index (Phi) is 3.59. The van der Waals surface area contributed by atoms with Crippen molar-refractivity contribution >= 4 is 11.6 Å². The van der Waals surface area contributed by atoms with Gasteiger partial charge >= 0.3 is 0 Å². The van der Waals surface area contributed by atoms with Gasteiger partial charge in [0.05, 0.1) is 11.1 Å². The number of nitrogens with two attached hydrogens (primary N) is 1. The van der Waals surface area contributed by atoms with E-state index in [4.69, 9.17) is 22.4 Å². The van der Waals surface area contributed by atoms with E-state index in [1.54, 1.807) is 0 Å². The first-order valence-electron chi connectivity index (χ1n) is 4.07. The standard InChI is InChI=1S/C9H9ClF3NO/c10-6-2-1-5(3-7(6)11)8(14)9(12,13)4-15/h1-3,8,15H,4,14H2. The first kappa shape index (κ1) is 12.3. The second kappa shape index (κ2) is 4.38. The molecule has 0 saturated heterocycles. The van der Waals surface area contributed by atoms with Gasteiger partial charge in [0.1, 0.15) is 12.4 Å². The lowest BCUT2D eigenvalue weighted by molar-refractivity contribution is -0.0712. The van der Waals surface area contributed by atoms with Crippen molar-refractivity contribution < 1.29 is 18.3 Å². The van der Waals surface area contributed by atoms with E-state index in [1.165, 1.54) is 6.07 Å². The molecule has 0 aliphatic rings. The largest absolute Gasteiger partial charge is 0.390 e. The number of hydrogen-bond donors (Lipinski definition) is 2. The Morgan fingerprint density at radius 3 is 2.53 bits per heavy atom. The van der Waals surface area contributed by atoms with Crippen LogP contribution in [0.3, 0.4) is 0 Å². The summed E-state index contributed by atoms with van der Waals surface area (Å²) in [6, 6.07) is 1.41. The van der Waals surface area contributed by atoms with Crippen LogP contribution < -0.4 is 5.73 Å². The molecule has 0 aliphatic heterocycles. The van der Waals surface area contributed by atoms with Gasteiger partial charge in [-0.3, -0.25) is 0 Å². The van der Waals surface area contributed by atoms with Gasteiger partial charge < -0.3 is 10.8 Å². The number of benzene rings is 1. The summed E-state index contributed by atoms with van der Waals surface area (Å²) >= 11 is 5.38. The Morgan fingerprint density at radius 1 is 1.47 bits per heavy atom. The summed E-state index contributed by atoms with van der Waals surface area (Å²) in [5, 5.41) is 8.23. The zero-order chi connectivity index (χ0) is 11.6. The molecule has 1 unspecified atom stereocenters. The second-order valence-corrected chi connectivity index (χ2v) is 3.48. The highest BCUT2D eigenvalue weighted by atomic mass is 35.5. The smallest absolute Gasteiger partial charge is 0.289 e. The van der Waals surface area contributed by atoms with Crippen molar-refractivity contribution in [3.63, 3.8) is 0 Å². The molecule has 6 heteroatoms. The van der Waals surface area contributed by atoms with Crippen LogP contribution in [0.5, 0.6) is 0 Å². The van der Waals surface area contributed by atoms with Crippen LogP contribution in [0.2, 0.25) is 5.02 Å². The summed E-state index contributed by atoms with van der Waals surface area (Å²) < 4.78 is 38.8. The zero-order valence-electron chi connectivity index (χ0n) is 7.55. The maximum Gasteiger partial charge on any atom is 0.289 e. The van der Waals surface area contributed by atoms with E-state index in [-0.39, 0.29) is 10.6 Å². The van der Waals surface area contributed by atoms with E-state index in [0.717, 1.165) is 12.1 Å². The predicted octanol–water partition coefficient (Wildman–Crippen LogP) is 2.11. The molecule has 0 fully saturated rings. The zero-order valence-corrected chi connectivity index (χ0v) is 8.31. The minimum Gasteiger partial charge on any atom is -0.390 e. The van der Waals surface area contributed by atoms with Crippen LogP contribution in [-0.4, -0.2) is 17.6 Å². The van der Waals surface area contributed by atoms with Crippen molar-refractivity contribution in [1.29, 1.82) is 0 Å². The number of hydrogen-bond acceptors (Lipinski definition) is 2. The van der Waals surface area contributed by atoms with Crippen molar-refractivity contribution in [3.8, 4) is 0 Å². The van der Waals surface area contributed by atoms with Crippen molar-refractivity contribution in [1.82, 2.24) is 0 Å². The first-order valence-corrected chi connectivity index (χ1v) is 4.45. The topological polar surface area (TPSA) is 46.2 Å². The van der Waals surface area contributed by atoms with Crippen molar-refractivity contribution in [2.45, 2.75) is 12.0 Å². The lowest BCUT2D eigenvalue weighted by atomic mass is 10.0. The summed E-state index contributed by atoms with van der Waals surface area (Å²) in [5.74, 6) is -4.31. The molecule has 0 saturated carbocycles. The Balaban J connectivity index is 3.02. The Bertz CT molecular complexity index is 359. The Labute approximate surface area is 89.5 Å². The third-order valence-corrected chi connectivity index (χ3v) is 2.28. The number of aliphatic hydroxyl groups is 1. The van der Waals surface area contributed by atoms with Crippen LogP contribution in [0, 0.1) is 5.82 Å². The molecule has 2 nitrogen and oxygen atoms in total. The SMILES string of the molecule is NC(c1ccc(Cl)c(F)c1)C(F)(F)CO. The second-order valence-electron chi connectivity index (χ2n) is 3.07. The number of aliphatic hydroxyl groups excluding tert-OH is 1. The molecule has 1 atom stereocenters. The molecule has 0 bridgehead atoms. The van der Waals surface area contributed by atoms with Gasteiger partial charge in [-0.15, -0.1) is 0 Å². The summed E-state index contributed by atoms with van der Waals surface area (Å²) in [6.45, 7) is -1.39. The van der Waals surface area contributed by atoms with Gasteiger partial charge in [-0.1, -0.05) is 17.7 Å². The molecule has 1 rings (SSSR count). The van der Waals surface area contributed by atoms with Gasteiger partial charge in [0, 0.05) is 0 Å². The van der Waals surface area contributed by atoms with E-state index in [1.807, 2.05) is 0 Å². The molecule has 15 heavy (non-hydrogen) atoms. The van der Waals surface area contributed by atoms with Gasteiger partial charge in [0.2, 0.25) is 0 Å². The maximum absolute atomic E-state index is 12.9. The maximum atomic E-state index is 12.9. The minimum atomic E-state index is -3.49. The molecule has 0 spiro atoms. The minimum absolute atomic E-state index is 0.115. The average molecular weight is 240 g/mol. The Morgan fingerprint density at radius 2 is 2.07 bits per heavy atom. The molecule has 0 aromatic heterocycles. The average Bonchev–Trinajstić information content (AvgIpc) is 2.21. The highest BCUT2D eigenvalue weighted by molar-refractivity contribution is 6.30. The molecule has 1 aromatic carbocycles. The lowest BCUT2D eigenvalue weighted by Crippen LogP contribution is -2.36. The van der Waals surface area contributed by atoms with E-state index in [2.05, 4.69) is 0 Å². The van der Waals surface area contributed by atoms with E-state index in [9.17, 15) is 13.2 Å². The van der Waals surface area contributed by atoms with Crippen LogP contribution in [0.4, 0.5) is 13.2 Å². The number of halogens is 4. The molecule has 0 amide bonds. The van der Waals surface area contributed by atoms with Crippen LogP contribution in [0.15, 0.2) is 18.2 Å². The Hall–Kier alpha value is -0.780. The van der Waals surface area contributed by atoms with Gasteiger partial charge in [-0.05, 0) is 17.7 Å². The van der Waals surface area contributed by atoms with Crippen LogP contribution in [0.25, 0.3) is 0 Å². The summed E-state index contributed by atoms with van der Waals surface area (Å²) in [5.41, 5.74) is 5.07. The third-order valence-electron chi connectivity index (χ3n) is 1.97. The summed E-state index contributed by atoms with van der Waals surface area (Å²) in [4.78, 5) is 0. The quantitative estimate of drug-likeness (QED) is 0.849. The molecule has 3 N–H and O–H groups in total. The lowest BCUT2D eigenvalue weighted by Gasteiger charge is -2.21. The highest BCUT2D eigenvalue weighted by Crippen LogP contribution is 2.30. The number of alkyl halides is 2. The molecule has 84 valence electrons. The van der Waals surface area contributed by atoms with Gasteiger partial charge in [-0.2, -0.15) is 0 Å². The summed E-state index contributed by atoms with van der Waals surface area (Å²) in [6.07, 6.45) is 0. The highest BCUT2D eigenvalue weighted by Gasteiger charge is 2.37. The fourth-order valence-electron chi connectivity index (χ4n) is 1.05.